The fourth-order valence-corrected chi connectivity index (χ4v) is 2.17. The summed E-state index contributed by atoms with van der Waals surface area (Å²) in [6, 6.07) is 1.76. The molecule has 0 radical (unpaired) electrons. The second kappa shape index (κ2) is 6.91. The van der Waals surface area contributed by atoms with Gasteiger partial charge in [-0.3, -0.25) is 9.58 Å². The number of aromatic nitrogens is 2. The van der Waals surface area contributed by atoms with Crippen molar-refractivity contribution in [3.63, 3.8) is 0 Å². The van der Waals surface area contributed by atoms with Gasteiger partial charge in [0.15, 0.2) is 23.3 Å². The molecule has 2 rings (SSSR count). The van der Waals surface area contributed by atoms with Crippen molar-refractivity contribution in [1.29, 1.82) is 0 Å². The molecule has 2 aromatic rings. The summed E-state index contributed by atoms with van der Waals surface area (Å²) in [5, 5.41) is 4.03. The zero-order chi connectivity index (χ0) is 16.3. The maximum absolute atomic E-state index is 13.9. The van der Waals surface area contributed by atoms with Crippen molar-refractivity contribution in [2.45, 2.75) is 26.9 Å². The molecule has 0 aliphatic rings. The molecule has 120 valence electrons. The van der Waals surface area contributed by atoms with Crippen LogP contribution in [0, 0.1) is 30.2 Å². The van der Waals surface area contributed by atoms with Gasteiger partial charge in [-0.05, 0) is 19.5 Å². The first-order valence-electron chi connectivity index (χ1n) is 6.96. The topological polar surface area (TPSA) is 21.1 Å². The van der Waals surface area contributed by atoms with Gasteiger partial charge in [-0.25, -0.2) is 17.6 Å². The highest BCUT2D eigenvalue weighted by Crippen LogP contribution is 2.24. The average Bonchev–Trinajstić information content (AvgIpc) is 3.04. The van der Waals surface area contributed by atoms with Crippen LogP contribution in [0.15, 0.2) is 18.5 Å². The van der Waals surface area contributed by atoms with Gasteiger partial charge in [0.1, 0.15) is 0 Å². The second-order valence-electron chi connectivity index (χ2n) is 5.00. The van der Waals surface area contributed by atoms with E-state index in [4.69, 9.17) is 0 Å². The highest BCUT2D eigenvalue weighted by Gasteiger charge is 2.24. The van der Waals surface area contributed by atoms with Crippen LogP contribution in [0.4, 0.5) is 17.6 Å². The molecule has 0 bridgehead atoms. The molecule has 1 aromatic heterocycles. The first kappa shape index (κ1) is 16.5. The minimum absolute atomic E-state index is 0.205. The molecule has 0 amide bonds. The Hall–Kier alpha value is -1.89. The average molecular weight is 315 g/mol. The fraction of sp³-hybridized carbons (Fsp3) is 0.400. The molecule has 3 nitrogen and oxygen atoms in total. The molecule has 1 aromatic carbocycles. The Morgan fingerprint density at radius 1 is 1.09 bits per heavy atom. The standard InChI is InChI=1S/C15H17F4N3/c1-3-21(7-8-22-6-4-5-20-22)9-11-14(18)12(16)10(2)13(17)15(11)19/h4-6H,3,7-9H2,1-2H3. The lowest BCUT2D eigenvalue weighted by Crippen LogP contribution is -2.28. The smallest absolute Gasteiger partial charge is 0.166 e. The second-order valence-corrected chi connectivity index (χ2v) is 5.00. The van der Waals surface area contributed by atoms with Gasteiger partial charge in [0.05, 0.1) is 6.54 Å². The number of hydrogen-bond acceptors (Lipinski definition) is 2. The molecule has 0 saturated carbocycles. The van der Waals surface area contributed by atoms with E-state index in [1.54, 1.807) is 35.0 Å². The van der Waals surface area contributed by atoms with Crippen LogP contribution in [0.25, 0.3) is 0 Å². The van der Waals surface area contributed by atoms with Gasteiger partial charge < -0.3 is 0 Å². The minimum Gasteiger partial charge on any atom is -0.297 e. The first-order chi connectivity index (χ1) is 10.5. The predicted molar refractivity (Wildman–Crippen MR) is 74.2 cm³/mol. The summed E-state index contributed by atoms with van der Waals surface area (Å²) in [5.41, 5.74) is -1.22. The lowest BCUT2D eigenvalue weighted by Gasteiger charge is -2.21. The molecule has 1 heterocycles. The van der Waals surface area contributed by atoms with E-state index in [-0.39, 0.29) is 6.54 Å². The van der Waals surface area contributed by atoms with E-state index in [0.717, 1.165) is 6.92 Å². The van der Waals surface area contributed by atoms with Crippen LogP contribution in [-0.2, 0) is 13.1 Å². The highest BCUT2D eigenvalue weighted by atomic mass is 19.2. The lowest BCUT2D eigenvalue weighted by molar-refractivity contribution is 0.252. The van der Waals surface area contributed by atoms with Gasteiger partial charge in [-0.1, -0.05) is 6.92 Å². The predicted octanol–water partition coefficient (Wildman–Crippen LogP) is 3.27. The van der Waals surface area contributed by atoms with E-state index in [2.05, 4.69) is 5.10 Å². The number of hydrogen-bond donors (Lipinski definition) is 0. The maximum Gasteiger partial charge on any atom is 0.166 e. The van der Waals surface area contributed by atoms with Crippen LogP contribution < -0.4 is 0 Å². The normalized spacial score (nSPS) is 11.4. The van der Waals surface area contributed by atoms with Crippen LogP contribution in [0.2, 0.25) is 0 Å². The van der Waals surface area contributed by atoms with E-state index >= 15 is 0 Å². The number of nitrogens with zero attached hydrogens (tertiary/aromatic N) is 3. The van der Waals surface area contributed by atoms with Crippen molar-refractivity contribution < 1.29 is 17.6 Å². The van der Waals surface area contributed by atoms with Crippen molar-refractivity contribution in [2.24, 2.45) is 0 Å². The molecule has 0 fully saturated rings. The lowest BCUT2D eigenvalue weighted by atomic mass is 10.1. The third-order valence-corrected chi connectivity index (χ3v) is 3.61. The third kappa shape index (κ3) is 3.30. The Kier molecular flexibility index (Phi) is 5.18. The Labute approximate surface area is 126 Å². The molecule has 0 N–H and O–H groups in total. The molecule has 0 atom stereocenters. The molecule has 0 unspecified atom stereocenters. The van der Waals surface area contributed by atoms with Crippen LogP contribution in [0.1, 0.15) is 18.1 Å². The van der Waals surface area contributed by atoms with Gasteiger partial charge in [0.25, 0.3) is 0 Å². The summed E-state index contributed by atoms with van der Waals surface area (Å²) in [6.45, 7) is 4.06. The zero-order valence-corrected chi connectivity index (χ0v) is 12.4. The monoisotopic (exact) mass is 315 g/mol. The summed E-state index contributed by atoms with van der Waals surface area (Å²) in [4.78, 5) is 1.69. The Balaban J connectivity index is 2.17. The molecular formula is C15H17F4N3. The third-order valence-electron chi connectivity index (χ3n) is 3.61. The largest absolute Gasteiger partial charge is 0.297 e. The summed E-state index contributed by atoms with van der Waals surface area (Å²) >= 11 is 0. The van der Waals surface area contributed by atoms with E-state index in [9.17, 15) is 17.6 Å². The number of likely N-dealkylation sites (N-methyl/N-ethyl adjacent to an activating group) is 1. The molecule has 0 aliphatic heterocycles. The van der Waals surface area contributed by atoms with Crippen molar-refractivity contribution in [1.82, 2.24) is 14.7 Å². The molecule has 0 saturated heterocycles. The van der Waals surface area contributed by atoms with Crippen LogP contribution in [0.5, 0.6) is 0 Å². The molecule has 0 spiro atoms. The number of benzene rings is 1. The number of rotatable bonds is 6. The van der Waals surface area contributed by atoms with Gasteiger partial charge in [0.2, 0.25) is 0 Å². The summed E-state index contributed by atoms with van der Waals surface area (Å²) in [5.74, 6) is -5.32. The molecule has 22 heavy (non-hydrogen) atoms. The summed E-state index contributed by atoms with van der Waals surface area (Å²) < 4.78 is 56.6. The van der Waals surface area contributed by atoms with Gasteiger partial charge in [-0.15, -0.1) is 0 Å². The minimum atomic E-state index is -1.34. The first-order valence-corrected chi connectivity index (χ1v) is 6.96. The quantitative estimate of drug-likeness (QED) is 0.602. The van der Waals surface area contributed by atoms with E-state index in [0.29, 0.717) is 19.6 Å². The van der Waals surface area contributed by atoms with Gasteiger partial charge in [-0.2, -0.15) is 5.10 Å². The van der Waals surface area contributed by atoms with E-state index in [1.807, 2.05) is 0 Å². The van der Waals surface area contributed by atoms with Crippen molar-refractivity contribution in [3.05, 3.63) is 52.9 Å². The van der Waals surface area contributed by atoms with Gasteiger partial charge in [0, 0.05) is 36.6 Å². The highest BCUT2D eigenvalue weighted by molar-refractivity contribution is 5.29. The fourth-order valence-electron chi connectivity index (χ4n) is 2.17. The van der Waals surface area contributed by atoms with Crippen LogP contribution in [0.3, 0.4) is 0 Å². The van der Waals surface area contributed by atoms with Crippen molar-refractivity contribution >= 4 is 0 Å². The Morgan fingerprint density at radius 2 is 1.73 bits per heavy atom. The van der Waals surface area contributed by atoms with Crippen molar-refractivity contribution in [3.8, 4) is 0 Å². The summed E-state index contributed by atoms with van der Waals surface area (Å²) in [7, 11) is 0. The maximum atomic E-state index is 13.9. The molecular weight excluding hydrogens is 298 g/mol. The summed E-state index contributed by atoms with van der Waals surface area (Å²) in [6.07, 6.45) is 3.39. The van der Waals surface area contributed by atoms with Gasteiger partial charge >= 0.3 is 0 Å². The van der Waals surface area contributed by atoms with Crippen LogP contribution >= 0.6 is 0 Å². The van der Waals surface area contributed by atoms with E-state index < -0.39 is 34.4 Å². The zero-order valence-electron chi connectivity index (χ0n) is 12.4. The Bertz CT molecular complexity index is 612. The van der Waals surface area contributed by atoms with E-state index in [1.165, 1.54) is 0 Å². The molecule has 7 heteroatoms. The Morgan fingerprint density at radius 3 is 2.23 bits per heavy atom. The van der Waals surface area contributed by atoms with Crippen molar-refractivity contribution in [2.75, 3.05) is 13.1 Å². The molecule has 0 aliphatic carbocycles. The van der Waals surface area contributed by atoms with Crippen LogP contribution in [-0.4, -0.2) is 27.8 Å². The SMILES string of the molecule is CCN(CCn1cccn1)Cc1c(F)c(F)c(C)c(F)c1F. The number of halogens is 4.